The summed E-state index contributed by atoms with van der Waals surface area (Å²) < 4.78 is 4.43. The number of carbonyl (C=O) groups excluding carboxylic acids is 2. The number of hydrogen-bond acceptors (Lipinski definition) is 4. The Bertz CT molecular complexity index is 678. The highest BCUT2D eigenvalue weighted by Gasteiger charge is 2.18. The zero-order valence-corrected chi connectivity index (χ0v) is 16.0. The van der Waals surface area contributed by atoms with E-state index < -0.39 is 6.10 Å². The van der Waals surface area contributed by atoms with E-state index in [9.17, 15) is 14.7 Å². The summed E-state index contributed by atoms with van der Waals surface area (Å²) in [7, 11) is 0. The molecule has 144 valence electrons. The molecule has 0 aliphatic heterocycles. The molecule has 1 N–H and O–H groups in total. The van der Waals surface area contributed by atoms with Gasteiger partial charge >= 0.3 is 5.97 Å². The molecular weight excluding hydrogens is 340 g/mol. The molecule has 4 nitrogen and oxygen atoms in total. The second-order valence-electron chi connectivity index (χ2n) is 5.20. The number of Topliss-reactive ketones (excluding diaryl/α,β-unsaturated/α-hetero) is 1. The molecule has 1 atom stereocenters. The van der Waals surface area contributed by atoms with Crippen LogP contribution < -0.4 is 0 Å². The third kappa shape index (κ3) is 10.6. The van der Waals surface area contributed by atoms with Gasteiger partial charge in [-0.15, -0.1) is 6.58 Å². The van der Waals surface area contributed by atoms with Crippen LogP contribution in [0, 0.1) is 0 Å². The highest BCUT2D eigenvalue weighted by atomic mass is 16.5. The number of carbonyl (C=O) groups is 2. The molecule has 0 fully saturated rings. The lowest BCUT2D eigenvalue weighted by atomic mass is 10.0. The van der Waals surface area contributed by atoms with Crippen molar-refractivity contribution >= 4 is 11.8 Å². The maximum atomic E-state index is 11.9. The zero-order chi connectivity index (χ0) is 20.5. The number of benzene rings is 2. The van der Waals surface area contributed by atoms with E-state index in [1.165, 1.54) is 0 Å². The molecule has 1 unspecified atom stereocenters. The molecule has 0 aliphatic carbocycles. The van der Waals surface area contributed by atoms with E-state index in [0.29, 0.717) is 17.7 Å². The molecule has 2 aromatic carbocycles. The van der Waals surface area contributed by atoms with E-state index in [4.69, 9.17) is 0 Å². The molecule has 0 bridgehead atoms. The van der Waals surface area contributed by atoms with Gasteiger partial charge in [-0.3, -0.25) is 4.79 Å². The van der Waals surface area contributed by atoms with Gasteiger partial charge in [0.15, 0.2) is 5.78 Å². The van der Waals surface area contributed by atoms with E-state index in [2.05, 4.69) is 24.8 Å². The Morgan fingerprint density at radius 1 is 1.00 bits per heavy atom. The predicted molar refractivity (Wildman–Crippen MR) is 109 cm³/mol. The van der Waals surface area contributed by atoms with Crippen LogP contribution in [0.25, 0.3) is 0 Å². The third-order valence-corrected chi connectivity index (χ3v) is 3.16. The lowest BCUT2D eigenvalue weighted by Crippen LogP contribution is -2.11. The predicted octanol–water partition coefficient (Wildman–Crippen LogP) is 4.92. The summed E-state index contributed by atoms with van der Waals surface area (Å²) in [6.45, 7) is 10.9. The van der Waals surface area contributed by atoms with E-state index >= 15 is 0 Å². The Hall–Kier alpha value is -2.98. The van der Waals surface area contributed by atoms with Gasteiger partial charge in [-0.1, -0.05) is 80.2 Å². The first-order valence-electron chi connectivity index (χ1n) is 8.74. The first-order chi connectivity index (χ1) is 13.0. The van der Waals surface area contributed by atoms with Crippen LogP contribution >= 0.6 is 0 Å². The second kappa shape index (κ2) is 15.3. The first-order valence-corrected chi connectivity index (χ1v) is 8.74. The average molecular weight is 368 g/mol. The van der Waals surface area contributed by atoms with Crippen molar-refractivity contribution in [3.05, 3.63) is 97.1 Å². The van der Waals surface area contributed by atoms with Gasteiger partial charge in [0.1, 0.15) is 6.10 Å². The molecule has 0 radical (unpaired) electrons. The van der Waals surface area contributed by atoms with Crippen molar-refractivity contribution in [2.45, 2.75) is 26.4 Å². The Balaban J connectivity index is 0.000000514. The van der Waals surface area contributed by atoms with Gasteiger partial charge in [-0.05, 0) is 18.9 Å². The number of aliphatic hydroxyl groups is 1. The number of aliphatic hydroxyl groups excluding tert-OH is 1. The molecule has 4 heteroatoms. The summed E-state index contributed by atoms with van der Waals surface area (Å²) in [5, 5.41) is 9.89. The SMILES string of the molecule is C=CC(=O)OCC.C=CCC.O=C(c1ccccc1)C(O)c1ccccc1. The molecule has 2 aromatic rings. The van der Waals surface area contributed by atoms with Crippen LogP contribution in [0.4, 0.5) is 0 Å². The summed E-state index contributed by atoms with van der Waals surface area (Å²) >= 11 is 0. The first kappa shape index (κ1) is 24.0. The van der Waals surface area contributed by atoms with Gasteiger partial charge < -0.3 is 9.84 Å². The Morgan fingerprint density at radius 2 is 1.48 bits per heavy atom. The zero-order valence-electron chi connectivity index (χ0n) is 16.0. The van der Waals surface area contributed by atoms with Crippen LogP contribution in [0.5, 0.6) is 0 Å². The van der Waals surface area contributed by atoms with Gasteiger partial charge in [0, 0.05) is 11.6 Å². The lowest BCUT2D eigenvalue weighted by Gasteiger charge is -2.09. The number of esters is 1. The smallest absolute Gasteiger partial charge is 0.330 e. The van der Waals surface area contributed by atoms with Gasteiger partial charge in [0.25, 0.3) is 0 Å². The van der Waals surface area contributed by atoms with Crippen molar-refractivity contribution in [2.24, 2.45) is 0 Å². The summed E-state index contributed by atoms with van der Waals surface area (Å²) in [6, 6.07) is 17.7. The fourth-order valence-electron chi connectivity index (χ4n) is 1.75. The fourth-order valence-corrected chi connectivity index (χ4v) is 1.75. The molecule has 0 aromatic heterocycles. The molecule has 0 saturated heterocycles. The normalized spacial score (nSPS) is 10.0. The Kier molecular flexibility index (Phi) is 13.6. The summed E-state index contributed by atoms with van der Waals surface area (Å²) in [5.41, 5.74) is 1.15. The minimum Gasteiger partial charge on any atom is -0.463 e. The number of allylic oxidation sites excluding steroid dienone is 1. The van der Waals surface area contributed by atoms with Crippen LogP contribution in [0.2, 0.25) is 0 Å². The fraction of sp³-hybridized carbons (Fsp3) is 0.217. The van der Waals surface area contributed by atoms with Gasteiger partial charge in [-0.2, -0.15) is 0 Å². The van der Waals surface area contributed by atoms with Crippen LogP contribution in [0.3, 0.4) is 0 Å². The maximum Gasteiger partial charge on any atom is 0.330 e. The molecule has 27 heavy (non-hydrogen) atoms. The molecular formula is C23H28O4. The van der Waals surface area contributed by atoms with Crippen molar-refractivity contribution in [3.63, 3.8) is 0 Å². The molecule has 0 aliphatic rings. The number of ether oxygens (including phenoxy) is 1. The van der Waals surface area contributed by atoms with Crippen LogP contribution in [0.1, 0.15) is 42.3 Å². The Morgan fingerprint density at radius 3 is 1.85 bits per heavy atom. The number of ketones is 1. The van der Waals surface area contributed by atoms with Crippen molar-refractivity contribution in [2.75, 3.05) is 6.61 Å². The maximum absolute atomic E-state index is 11.9. The molecule has 0 saturated carbocycles. The van der Waals surface area contributed by atoms with Crippen molar-refractivity contribution in [3.8, 4) is 0 Å². The van der Waals surface area contributed by atoms with Gasteiger partial charge in [-0.25, -0.2) is 4.79 Å². The topological polar surface area (TPSA) is 63.6 Å². The van der Waals surface area contributed by atoms with Gasteiger partial charge in [0.2, 0.25) is 0 Å². The van der Waals surface area contributed by atoms with Crippen LogP contribution in [-0.2, 0) is 9.53 Å². The number of hydrogen-bond donors (Lipinski definition) is 1. The van der Waals surface area contributed by atoms with Gasteiger partial charge in [0.05, 0.1) is 6.61 Å². The Labute approximate surface area is 161 Å². The van der Waals surface area contributed by atoms with Crippen molar-refractivity contribution in [1.29, 1.82) is 0 Å². The molecule has 0 spiro atoms. The van der Waals surface area contributed by atoms with E-state index in [1.54, 1.807) is 55.5 Å². The quantitative estimate of drug-likeness (QED) is 0.340. The largest absolute Gasteiger partial charge is 0.463 e. The highest BCUT2D eigenvalue weighted by Crippen LogP contribution is 2.17. The van der Waals surface area contributed by atoms with Crippen molar-refractivity contribution < 1.29 is 19.4 Å². The van der Waals surface area contributed by atoms with E-state index in [-0.39, 0.29) is 11.8 Å². The molecule has 2 rings (SSSR count). The standard InChI is InChI=1S/C14H12O2.C5H8O2.C4H8/c15-13(11-7-3-1-4-8-11)14(16)12-9-5-2-6-10-12;1-3-5(6)7-4-2;1-3-4-2/h1-10,13,15H;3H,1,4H2,2H3;3H,1,4H2,2H3. The minimum absolute atomic E-state index is 0.271. The van der Waals surface area contributed by atoms with Crippen LogP contribution in [-0.4, -0.2) is 23.5 Å². The monoisotopic (exact) mass is 368 g/mol. The van der Waals surface area contributed by atoms with Crippen LogP contribution in [0.15, 0.2) is 86.0 Å². The average Bonchev–Trinajstić information content (AvgIpc) is 2.74. The highest BCUT2D eigenvalue weighted by molar-refractivity contribution is 5.99. The minimum atomic E-state index is -1.08. The van der Waals surface area contributed by atoms with E-state index in [1.807, 2.05) is 18.2 Å². The van der Waals surface area contributed by atoms with Crippen molar-refractivity contribution in [1.82, 2.24) is 0 Å². The second-order valence-corrected chi connectivity index (χ2v) is 5.20. The summed E-state index contributed by atoms with van der Waals surface area (Å²) in [6.07, 6.45) is 3.02. The lowest BCUT2D eigenvalue weighted by molar-refractivity contribution is -0.137. The molecule has 0 heterocycles. The third-order valence-electron chi connectivity index (χ3n) is 3.16. The summed E-state index contributed by atoms with van der Waals surface area (Å²) in [5.74, 6) is -0.630. The summed E-state index contributed by atoms with van der Waals surface area (Å²) in [4.78, 5) is 22.0. The number of rotatable bonds is 6. The molecule has 0 amide bonds. The van der Waals surface area contributed by atoms with E-state index in [0.717, 1.165) is 12.5 Å².